The third-order valence-corrected chi connectivity index (χ3v) is 3.42. The molecule has 0 radical (unpaired) electrons. The molecule has 1 aliphatic rings. The zero-order valence-corrected chi connectivity index (χ0v) is 12.6. The zero-order valence-electron chi connectivity index (χ0n) is 12.6. The molecule has 1 aliphatic heterocycles. The van der Waals surface area contributed by atoms with Crippen molar-refractivity contribution >= 4 is 5.91 Å². The number of hydrogen-bond acceptors (Lipinski definition) is 6. The number of amides is 1. The summed E-state index contributed by atoms with van der Waals surface area (Å²) in [6.45, 7) is 6.88. The summed E-state index contributed by atoms with van der Waals surface area (Å²) in [5.74, 6) is 1.63. The number of carbonyl (C=O) groups is 1. The van der Waals surface area contributed by atoms with Crippen molar-refractivity contribution in [3.63, 3.8) is 0 Å². The number of hydrogen-bond donors (Lipinski definition) is 1. The first-order valence-electron chi connectivity index (χ1n) is 6.97. The summed E-state index contributed by atoms with van der Waals surface area (Å²) in [4.78, 5) is 20.3. The molecule has 1 aromatic heterocycles. The number of rotatable bonds is 4. The number of piperazine rings is 1. The Hall–Kier alpha value is -1.47. The minimum Gasteiger partial charge on any atom is -0.347 e. The van der Waals surface area contributed by atoms with Crippen LogP contribution in [0, 0.1) is 0 Å². The van der Waals surface area contributed by atoms with E-state index in [9.17, 15) is 4.79 Å². The van der Waals surface area contributed by atoms with E-state index in [4.69, 9.17) is 4.52 Å². The highest BCUT2D eigenvalue weighted by molar-refractivity contribution is 5.81. The lowest BCUT2D eigenvalue weighted by Crippen LogP contribution is -2.57. The van der Waals surface area contributed by atoms with Crippen LogP contribution in [0.25, 0.3) is 0 Å². The molecular weight excluding hydrogens is 258 g/mol. The van der Waals surface area contributed by atoms with Gasteiger partial charge in [0.05, 0.1) is 6.54 Å². The average molecular weight is 281 g/mol. The molecule has 1 unspecified atom stereocenters. The minimum absolute atomic E-state index is 0.0980. The molecule has 0 saturated carbocycles. The summed E-state index contributed by atoms with van der Waals surface area (Å²) in [5.41, 5.74) is 0. The van der Waals surface area contributed by atoms with Gasteiger partial charge < -0.3 is 14.7 Å². The number of carbonyl (C=O) groups excluding carboxylic acids is 1. The van der Waals surface area contributed by atoms with Crippen molar-refractivity contribution in [1.82, 2.24) is 25.3 Å². The van der Waals surface area contributed by atoms with Gasteiger partial charge in [-0.25, -0.2) is 0 Å². The molecule has 0 aromatic carbocycles. The van der Waals surface area contributed by atoms with E-state index in [1.165, 1.54) is 0 Å². The third kappa shape index (κ3) is 3.34. The lowest BCUT2D eigenvalue weighted by molar-refractivity contribution is -0.135. The smallest absolute Gasteiger partial charge is 0.240 e. The van der Waals surface area contributed by atoms with Gasteiger partial charge in [0.15, 0.2) is 5.82 Å². The average Bonchev–Trinajstić information content (AvgIpc) is 2.87. The van der Waals surface area contributed by atoms with Gasteiger partial charge in [0.2, 0.25) is 11.8 Å². The van der Waals surface area contributed by atoms with Crippen LogP contribution in [0.5, 0.6) is 0 Å². The van der Waals surface area contributed by atoms with Crippen LogP contribution in [-0.4, -0.2) is 65.6 Å². The fourth-order valence-electron chi connectivity index (χ4n) is 2.22. The van der Waals surface area contributed by atoms with Crippen LogP contribution in [0.3, 0.4) is 0 Å². The van der Waals surface area contributed by atoms with Crippen LogP contribution in [0.2, 0.25) is 0 Å². The van der Waals surface area contributed by atoms with Crippen LogP contribution in [0.1, 0.15) is 31.5 Å². The molecule has 1 N–H and O–H groups in total. The largest absolute Gasteiger partial charge is 0.347 e. The second-order valence-corrected chi connectivity index (χ2v) is 5.62. The lowest BCUT2D eigenvalue weighted by Gasteiger charge is -2.35. The van der Waals surface area contributed by atoms with E-state index >= 15 is 0 Å². The van der Waals surface area contributed by atoms with Gasteiger partial charge in [-0.2, -0.15) is 4.98 Å². The van der Waals surface area contributed by atoms with Crippen molar-refractivity contribution in [2.45, 2.75) is 32.4 Å². The Bertz CT molecular complexity index is 457. The molecule has 0 bridgehead atoms. The zero-order chi connectivity index (χ0) is 14.7. The second-order valence-electron chi connectivity index (χ2n) is 5.62. The molecular formula is C13H23N5O2. The molecule has 7 heteroatoms. The van der Waals surface area contributed by atoms with Gasteiger partial charge >= 0.3 is 0 Å². The predicted octanol–water partition coefficient (Wildman–Crippen LogP) is 0.0550. The molecule has 7 nitrogen and oxygen atoms in total. The van der Waals surface area contributed by atoms with Crippen molar-refractivity contribution in [1.29, 1.82) is 0 Å². The van der Waals surface area contributed by atoms with Crippen molar-refractivity contribution in [3.8, 4) is 0 Å². The van der Waals surface area contributed by atoms with Gasteiger partial charge in [0.1, 0.15) is 6.04 Å². The van der Waals surface area contributed by atoms with E-state index in [1.54, 1.807) is 19.0 Å². The Morgan fingerprint density at radius 1 is 1.55 bits per heavy atom. The summed E-state index contributed by atoms with van der Waals surface area (Å²) in [6.07, 6.45) is 0. The first-order chi connectivity index (χ1) is 9.49. The fraction of sp³-hybridized carbons (Fsp3) is 0.769. The van der Waals surface area contributed by atoms with Crippen molar-refractivity contribution in [2.75, 3.05) is 33.7 Å². The number of nitrogens with zero attached hydrogens (tertiary/aromatic N) is 4. The van der Waals surface area contributed by atoms with Gasteiger partial charge in [-0.05, 0) is 0 Å². The van der Waals surface area contributed by atoms with Gasteiger partial charge in [-0.3, -0.25) is 9.69 Å². The van der Waals surface area contributed by atoms with E-state index in [2.05, 4.69) is 20.4 Å². The molecule has 2 heterocycles. The lowest BCUT2D eigenvalue weighted by atomic mass is 10.1. The number of aromatic nitrogens is 2. The maximum Gasteiger partial charge on any atom is 0.240 e. The monoisotopic (exact) mass is 281 g/mol. The summed E-state index contributed by atoms with van der Waals surface area (Å²) >= 11 is 0. The highest BCUT2D eigenvalue weighted by atomic mass is 16.5. The van der Waals surface area contributed by atoms with Crippen LogP contribution >= 0.6 is 0 Å². The normalized spacial score (nSPS) is 20.4. The molecule has 1 fully saturated rings. The topological polar surface area (TPSA) is 74.5 Å². The van der Waals surface area contributed by atoms with E-state index in [1.807, 2.05) is 13.8 Å². The predicted molar refractivity (Wildman–Crippen MR) is 74.1 cm³/mol. The Kier molecular flexibility index (Phi) is 4.72. The third-order valence-electron chi connectivity index (χ3n) is 3.42. The molecule has 1 aromatic rings. The van der Waals surface area contributed by atoms with Crippen LogP contribution in [0.4, 0.5) is 0 Å². The summed E-state index contributed by atoms with van der Waals surface area (Å²) in [7, 11) is 3.55. The Morgan fingerprint density at radius 3 is 2.90 bits per heavy atom. The maximum absolute atomic E-state index is 12.2. The first-order valence-corrected chi connectivity index (χ1v) is 6.97. The molecule has 112 valence electrons. The summed E-state index contributed by atoms with van der Waals surface area (Å²) in [6, 6.07) is -0.173. The number of likely N-dealkylation sites (N-methyl/N-ethyl adjacent to an activating group) is 1. The molecule has 1 amide bonds. The Labute approximate surface area is 119 Å². The van der Waals surface area contributed by atoms with Crippen LogP contribution in [0.15, 0.2) is 4.52 Å². The van der Waals surface area contributed by atoms with E-state index < -0.39 is 0 Å². The fourth-order valence-corrected chi connectivity index (χ4v) is 2.22. The Balaban J connectivity index is 2.06. The SMILES string of the molecule is CC(C)c1noc(CN2CCNCC2C(=O)N(C)C)n1. The molecule has 0 aliphatic carbocycles. The van der Waals surface area contributed by atoms with Crippen LogP contribution < -0.4 is 5.32 Å². The maximum atomic E-state index is 12.2. The highest BCUT2D eigenvalue weighted by Gasteiger charge is 2.30. The Morgan fingerprint density at radius 2 is 2.30 bits per heavy atom. The summed E-state index contributed by atoms with van der Waals surface area (Å²) in [5, 5.41) is 7.22. The van der Waals surface area contributed by atoms with Crippen molar-refractivity contribution in [2.24, 2.45) is 0 Å². The van der Waals surface area contributed by atoms with E-state index in [0.717, 1.165) is 13.1 Å². The summed E-state index contributed by atoms with van der Waals surface area (Å²) < 4.78 is 5.27. The van der Waals surface area contributed by atoms with E-state index in [-0.39, 0.29) is 17.9 Å². The van der Waals surface area contributed by atoms with Gasteiger partial charge in [-0.1, -0.05) is 19.0 Å². The van der Waals surface area contributed by atoms with Gasteiger partial charge in [0, 0.05) is 39.6 Å². The van der Waals surface area contributed by atoms with Crippen molar-refractivity contribution < 1.29 is 9.32 Å². The number of nitrogens with one attached hydrogen (secondary N) is 1. The highest BCUT2D eigenvalue weighted by Crippen LogP contribution is 2.14. The molecule has 1 saturated heterocycles. The molecule has 0 spiro atoms. The second kappa shape index (κ2) is 6.32. The van der Waals surface area contributed by atoms with Gasteiger partial charge in [0.25, 0.3) is 0 Å². The first kappa shape index (κ1) is 14.9. The van der Waals surface area contributed by atoms with Crippen LogP contribution in [-0.2, 0) is 11.3 Å². The quantitative estimate of drug-likeness (QED) is 0.841. The van der Waals surface area contributed by atoms with Gasteiger partial charge in [-0.15, -0.1) is 0 Å². The van der Waals surface area contributed by atoms with E-state index in [0.29, 0.717) is 24.8 Å². The molecule has 20 heavy (non-hydrogen) atoms. The van der Waals surface area contributed by atoms with Crippen molar-refractivity contribution in [3.05, 3.63) is 11.7 Å². The standard InChI is InChI=1S/C13H23N5O2/c1-9(2)12-15-11(20-16-12)8-18-6-5-14-7-10(18)13(19)17(3)4/h9-10,14H,5-8H2,1-4H3. The molecule has 1 atom stereocenters. The minimum atomic E-state index is -0.173. The molecule has 2 rings (SSSR count).